The fourth-order valence-electron chi connectivity index (χ4n) is 2.75. The van der Waals surface area contributed by atoms with E-state index in [2.05, 4.69) is 19.9 Å². The molecule has 21 heavy (non-hydrogen) atoms. The minimum Gasteiger partial charge on any atom is -0.487 e. The Labute approximate surface area is 129 Å². The molecule has 2 aromatic rings. The number of ether oxygens (including phenoxy) is 1. The van der Waals surface area contributed by atoms with Gasteiger partial charge in [0.05, 0.1) is 5.38 Å². The van der Waals surface area contributed by atoms with Crippen LogP contribution in [0.4, 0.5) is 4.39 Å². The first-order chi connectivity index (χ1) is 9.85. The lowest BCUT2D eigenvalue weighted by Crippen LogP contribution is -2.24. The smallest absolute Gasteiger partial charge is 0.126 e. The molecule has 3 heteroatoms. The van der Waals surface area contributed by atoms with Crippen molar-refractivity contribution in [2.75, 3.05) is 0 Å². The maximum absolute atomic E-state index is 13.7. The minimum atomic E-state index is -0.353. The predicted octanol–water partition coefficient (Wildman–Crippen LogP) is 5.18. The van der Waals surface area contributed by atoms with Crippen molar-refractivity contribution in [3.8, 4) is 5.75 Å². The molecule has 0 saturated carbocycles. The van der Waals surface area contributed by atoms with Crippen molar-refractivity contribution in [3.63, 3.8) is 0 Å². The summed E-state index contributed by atoms with van der Waals surface area (Å²) in [6.45, 7) is 5.89. The minimum absolute atomic E-state index is 0.168. The number of aryl methyl sites for hydroxylation is 1. The molecule has 0 spiro atoms. The molecule has 1 unspecified atom stereocenters. The number of rotatable bonds is 2. The zero-order valence-corrected chi connectivity index (χ0v) is 13.2. The van der Waals surface area contributed by atoms with Gasteiger partial charge in [0.1, 0.15) is 17.2 Å². The quantitative estimate of drug-likeness (QED) is 0.695. The van der Waals surface area contributed by atoms with Gasteiger partial charge in [-0.1, -0.05) is 24.3 Å². The second kappa shape index (κ2) is 5.03. The molecule has 0 amide bonds. The van der Waals surface area contributed by atoms with Crippen molar-refractivity contribution >= 4 is 11.6 Å². The van der Waals surface area contributed by atoms with Gasteiger partial charge in [-0.05, 0) is 55.2 Å². The summed E-state index contributed by atoms with van der Waals surface area (Å²) in [4.78, 5) is 0. The van der Waals surface area contributed by atoms with Crippen molar-refractivity contribution in [3.05, 3.63) is 64.5 Å². The van der Waals surface area contributed by atoms with Crippen molar-refractivity contribution in [1.29, 1.82) is 0 Å². The number of benzene rings is 2. The first-order valence-corrected chi connectivity index (χ1v) is 7.51. The van der Waals surface area contributed by atoms with E-state index in [1.807, 2.05) is 18.2 Å². The SMILES string of the molecule is Cc1ccc(C(Cl)c2ccc3c(c2)CC(C)(C)O3)cc1F. The van der Waals surface area contributed by atoms with Gasteiger partial charge in [0.25, 0.3) is 0 Å². The second-order valence-corrected chi connectivity index (χ2v) is 6.71. The summed E-state index contributed by atoms with van der Waals surface area (Å²) in [5.41, 5.74) is 3.37. The molecule has 110 valence electrons. The summed E-state index contributed by atoms with van der Waals surface area (Å²) in [5.74, 6) is 0.700. The van der Waals surface area contributed by atoms with E-state index in [1.54, 1.807) is 13.0 Å². The van der Waals surface area contributed by atoms with Crippen LogP contribution in [0, 0.1) is 12.7 Å². The lowest BCUT2D eigenvalue weighted by Gasteiger charge is -2.16. The van der Waals surface area contributed by atoms with Gasteiger partial charge in [0.2, 0.25) is 0 Å². The average molecular weight is 305 g/mol. The summed E-state index contributed by atoms with van der Waals surface area (Å²) in [6.07, 6.45) is 0.863. The highest BCUT2D eigenvalue weighted by Crippen LogP contribution is 2.38. The molecule has 1 aliphatic rings. The van der Waals surface area contributed by atoms with Crippen molar-refractivity contribution in [2.45, 2.75) is 38.2 Å². The van der Waals surface area contributed by atoms with Gasteiger partial charge in [0.15, 0.2) is 0 Å². The van der Waals surface area contributed by atoms with Crippen molar-refractivity contribution < 1.29 is 9.13 Å². The Balaban J connectivity index is 1.93. The van der Waals surface area contributed by atoms with Crippen LogP contribution < -0.4 is 4.74 Å². The Morgan fingerprint density at radius 3 is 2.52 bits per heavy atom. The monoisotopic (exact) mass is 304 g/mol. The summed E-state index contributed by atoms with van der Waals surface area (Å²) < 4.78 is 19.6. The van der Waals surface area contributed by atoms with Gasteiger partial charge in [-0.25, -0.2) is 4.39 Å². The number of alkyl halides is 1. The summed E-state index contributed by atoms with van der Waals surface area (Å²) in [7, 11) is 0. The zero-order valence-electron chi connectivity index (χ0n) is 12.4. The zero-order chi connectivity index (χ0) is 15.2. The normalized spacial score (nSPS) is 17.2. The number of hydrogen-bond acceptors (Lipinski definition) is 1. The van der Waals surface area contributed by atoms with Crippen LogP contribution in [0.3, 0.4) is 0 Å². The fraction of sp³-hybridized carbons (Fsp3) is 0.333. The molecule has 1 aliphatic heterocycles. The fourth-order valence-corrected chi connectivity index (χ4v) is 3.02. The Bertz CT molecular complexity index is 694. The molecule has 0 N–H and O–H groups in total. The molecule has 0 fully saturated rings. The molecule has 0 bridgehead atoms. The van der Waals surface area contributed by atoms with Gasteiger partial charge in [-0.3, -0.25) is 0 Å². The van der Waals surface area contributed by atoms with Crippen LogP contribution in [0.5, 0.6) is 5.75 Å². The van der Waals surface area contributed by atoms with Gasteiger partial charge in [-0.15, -0.1) is 11.6 Å². The molecule has 1 atom stereocenters. The van der Waals surface area contributed by atoms with Crippen LogP contribution >= 0.6 is 11.6 Å². The Kier molecular flexibility index (Phi) is 3.45. The van der Waals surface area contributed by atoms with E-state index in [1.165, 1.54) is 6.07 Å². The molecule has 0 aromatic heterocycles. The van der Waals surface area contributed by atoms with E-state index in [9.17, 15) is 4.39 Å². The van der Waals surface area contributed by atoms with Gasteiger partial charge in [-0.2, -0.15) is 0 Å². The number of halogens is 2. The van der Waals surface area contributed by atoms with E-state index in [0.717, 1.165) is 28.9 Å². The highest BCUT2D eigenvalue weighted by atomic mass is 35.5. The Morgan fingerprint density at radius 1 is 1.14 bits per heavy atom. The molecule has 2 aromatic carbocycles. The number of fused-ring (bicyclic) bond motifs is 1. The molecular formula is C18H18ClFO. The second-order valence-electron chi connectivity index (χ2n) is 6.28. The largest absolute Gasteiger partial charge is 0.487 e. The highest BCUT2D eigenvalue weighted by molar-refractivity contribution is 6.22. The van der Waals surface area contributed by atoms with E-state index < -0.39 is 0 Å². The van der Waals surface area contributed by atoms with Crippen molar-refractivity contribution in [2.24, 2.45) is 0 Å². The topological polar surface area (TPSA) is 9.23 Å². The van der Waals surface area contributed by atoms with E-state index in [-0.39, 0.29) is 16.8 Å². The van der Waals surface area contributed by atoms with Gasteiger partial charge < -0.3 is 4.74 Å². The van der Waals surface area contributed by atoms with E-state index >= 15 is 0 Å². The molecule has 1 heterocycles. The molecule has 3 rings (SSSR count). The third-order valence-corrected chi connectivity index (χ3v) is 4.37. The molecule has 1 nitrogen and oxygen atoms in total. The van der Waals surface area contributed by atoms with Crippen LogP contribution in [0.2, 0.25) is 0 Å². The summed E-state index contributed by atoms with van der Waals surface area (Å²) in [5, 5.41) is -0.353. The van der Waals surface area contributed by atoms with Crippen LogP contribution in [0.15, 0.2) is 36.4 Å². The Hall–Kier alpha value is -1.54. The molecular weight excluding hydrogens is 287 g/mol. The lowest BCUT2D eigenvalue weighted by atomic mass is 9.97. The van der Waals surface area contributed by atoms with Crippen LogP contribution in [-0.4, -0.2) is 5.60 Å². The van der Waals surface area contributed by atoms with Crippen LogP contribution in [-0.2, 0) is 6.42 Å². The van der Waals surface area contributed by atoms with Crippen LogP contribution in [0.1, 0.15) is 41.5 Å². The first kappa shape index (κ1) is 14.4. The summed E-state index contributed by atoms with van der Waals surface area (Å²) >= 11 is 6.52. The predicted molar refractivity (Wildman–Crippen MR) is 83.7 cm³/mol. The van der Waals surface area contributed by atoms with Crippen LogP contribution in [0.25, 0.3) is 0 Å². The first-order valence-electron chi connectivity index (χ1n) is 7.08. The van der Waals surface area contributed by atoms with Gasteiger partial charge in [0, 0.05) is 6.42 Å². The standard InChI is InChI=1S/C18H18ClFO/c1-11-4-5-13(9-15(11)20)17(19)12-6-7-16-14(8-12)10-18(2,3)21-16/h4-9,17H,10H2,1-3H3. The average Bonchev–Trinajstić information content (AvgIpc) is 2.73. The Morgan fingerprint density at radius 2 is 1.81 bits per heavy atom. The number of hydrogen-bond donors (Lipinski definition) is 0. The molecule has 0 aliphatic carbocycles. The maximum atomic E-state index is 13.7. The maximum Gasteiger partial charge on any atom is 0.126 e. The van der Waals surface area contributed by atoms with E-state index in [4.69, 9.17) is 16.3 Å². The lowest BCUT2D eigenvalue weighted by molar-refractivity contribution is 0.138. The molecule has 0 saturated heterocycles. The summed E-state index contributed by atoms with van der Waals surface area (Å²) in [6, 6.07) is 11.1. The van der Waals surface area contributed by atoms with Crippen molar-refractivity contribution in [1.82, 2.24) is 0 Å². The third kappa shape index (κ3) is 2.77. The molecule has 0 radical (unpaired) electrons. The highest BCUT2D eigenvalue weighted by Gasteiger charge is 2.30. The van der Waals surface area contributed by atoms with E-state index in [0.29, 0.717) is 5.56 Å². The third-order valence-electron chi connectivity index (χ3n) is 3.87. The van der Waals surface area contributed by atoms with Gasteiger partial charge >= 0.3 is 0 Å².